The van der Waals surface area contributed by atoms with Gasteiger partial charge in [-0.2, -0.15) is 0 Å². The maximum atomic E-state index is 13.0. The third-order valence-corrected chi connectivity index (χ3v) is 5.31. The van der Waals surface area contributed by atoms with E-state index in [0.717, 1.165) is 57.6 Å². The molecule has 1 aromatic carbocycles. The minimum Gasteiger partial charge on any atom is -0.383 e. The lowest BCUT2D eigenvalue weighted by Gasteiger charge is -2.31. The van der Waals surface area contributed by atoms with Crippen LogP contribution in [-0.4, -0.2) is 50.7 Å². The summed E-state index contributed by atoms with van der Waals surface area (Å²) in [6.07, 6.45) is 3.15. The van der Waals surface area contributed by atoms with Crippen molar-refractivity contribution >= 4 is 5.91 Å². The highest BCUT2D eigenvalue weighted by atomic mass is 19.1. The molecule has 132 valence electrons. The van der Waals surface area contributed by atoms with Crippen LogP contribution in [0.15, 0.2) is 24.3 Å². The van der Waals surface area contributed by atoms with Crippen LogP contribution in [0.25, 0.3) is 0 Å². The van der Waals surface area contributed by atoms with Crippen molar-refractivity contribution in [3.05, 3.63) is 35.6 Å². The highest BCUT2D eigenvalue weighted by Gasteiger charge is 2.43. The molecule has 1 saturated carbocycles. The third kappa shape index (κ3) is 4.54. The highest BCUT2D eigenvalue weighted by molar-refractivity contribution is 5.82. The second-order valence-electron chi connectivity index (χ2n) is 7.02. The number of hydrogen-bond acceptors (Lipinski definition) is 3. The number of nitrogens with zero attached hydrogens (tertiary/aromatic N) is 1. The van der Waals surface area contributed by atoms with Crippen molar-refractivity contribution < 1.29 is 13.9 Å². The average Bonchev–Trinajstić information content (AvgIpc) is 3.40. The molecule has 5 heteroatoms. The SMILES string of the molecule is COCCN1CCC(CNC(=O)[C@H]2C[C@H]2c2ccc(F)cc2)CC1. The fourth-order valence-corrected chi connectivity index (χ4v) is 3.57. The second kappa shape index (κ2) is 8.08. The maximum Gasteiger partial charge on any atom is 0.223 e. The Morgan fingerprint density at radius 1 is 1.29 bits per heavy atom. The van der Waals surface area contributed by atoms with E-state index in [9.17, 15) is 9.18 Å². The molecule has 1 heterocycles. The number of amides is 1. The van der Waals surface area contributed by atoms with Crippen molar-refractivity contribution in [3.8, 4) is 0 Å². The van der Waals surface area contributed by atoms with Gasteiger partial charge in [0.15, 0.2) is 0 Å². The summed E-state index contributed by atoms with van der Waals surface area (Å²) in [7, 11) is 1.74. The lowest BCUT2D eigenvalue weighted by molar-refractivity contribution is -0.122. The largest absolute Gasteiger partial charge is 0.383 e. The standard InChI is InChI=1S/C19H27FN2O2/c1-24-11-10-22-8-6-14(7-9-22)13-21-19(23)18-12-17(18)15-2-4-16(20)5-3-15/h2-5,14,17-18H,6-13H2,1H3,(H,21,23)/t17-,18-/m0/s1. The zero-order valence-electron chi connectivity index (χ0n) is 14.3. The normalized spacial score (nSPS) is 24.8. The van der Waals surface area contributed by atoms with Gasteiger partial charge in [-0.1, -0.05) is 12.1 Å². The molecular weight excluding hydrogens is 307 g/mol. The van der Waals surface area contributed by atoms with E-state index >= 15 is 0 Å². The van der Waals surface area contributed by atoms with Crippen LogP contribution < -0.4 is 5.32 Å². The van der Waals surface area contributed by atoms with Crippen LogP contribution in [0.5, 0.6) is 0 Å². The summed E-state index contributed by atoms with van der Waals surface area (Å²) in [5, 5.41) is 3.13. The second-order valence-corrected chi connectivity index (χ2v) is 7.02. The van der Waals surface area contributed by atoms with Gasteiger partial charge in [0.25, 0.3) is 0 Å². The van der Waals surface area contributed by atoms with Crippen molar-refractivity contribution in [1.29, 1.82) is 0 Å². The van der Waals surface area contributed by atoms with Crippen LogP contribution >= 0.6 is 0 Å². The smallest absolute Gasteiger partial charge is 0.223 e. The molecular formula is C19H27FN2O2. The molecule has 1 aromatic rings. The highest BCUT2D eigenvalue weighted by Crippen LogP contribution is 2.47. The Morgan fingerprint density at radius 3 is 2.67 bits per heavy atom. The predicted octanol–water partition coefficient (Wildman–Crippen LogP) is 2.40. The first-order valence-corrected chi connectivity index (χ1v) is 8.92. The molecule has 0 spiro atoms. The first-order valence-electron chi connectivity index (χ1n) is 8.92. The van der Waals surface area contributed by atoms with Gasteiger partial charge in [0.1, 0.15) is 5.82 Å². The van der Waals surface area contributed by atoms with Crippen molar-refractivity contribution in [2.24, 2.45) is 11.8 Å². The minimum atomic E-state index is -0.225. The fourth-order valence-electron chi connectivity index (χ4n) is 3.57. The van der Waals surface area contributed by atoms with Crippen molar-refractivity contribution in [2.75, 3.05) is 39.9 Å². The first-order chi connectivity index (χ1) is 11.7. The van der Waals surface area contributed by atoms with E-state index in [2.05, 4.69) is 10.2 Å². The molecule has 0 radical (unpaired) electrons. The molecule has 1 N–H and O–H groups in total. The summed E-state index contributed by atoms with van der Waals surface area (Å²) in [6, 6.07) is 6.53. The summed E-state index contributed by atoms with van der Waals surface area (Å²) >= 11 is 0. The molecule has 1 amide bonds. The minimum absolute atomic E-state index is 0.0669. The molecule has 0 bridgehead atoms. The fraction of sp³-hybridized carbons (Fsp3) is 0.632. The van der Waals surface area contributed by atoms with E-state index < -0.39 is 0 Å². The lowest BCUT2D eigenvalue weighted by atomic mass is 9.96. The molecule has 4 nitrogen and oxygen atoms in total. The van der Waals surface area contributed by atoms with E-state index in [1.54, 1.807) is 19.2 Å². The zero-order valence-corrected chi connectivity index (χ0v) is 14.3. The van der Waals surface area contributed by atoms with Crippen LogP contribution in [0.2, 0.25) is 0 Å². The van der Waals surface area contributed by atoms with Crippen LogP contribution in [0.1, 0.15) is 30.7 Å². The summed E-state index contributed by atoms with van der Waals surface area (Å²) in [6.45, 7) is 4.74. The number of carbonyl (C=O) groups excluding carboxylic acids is 1. The summed E-state index contributed by atoms with van der Waals surface area (Å²) in [5.74, 6) is 0.845. The molecule has 1 saturated heterocycles. The average molecular weight is 334 g/mol. The van der Waals surface area contributed by atoms with Gasteiger partial charge >= 0.3 is 0 Å². The number of nitrogens with one attached hydrogen (secondary N) is 1. The Balaban J connectivity index is 1.36. The Labute approximate surface area is 143 Å². The maximum absolute atomic E-state index is 13.0. The number of ether oxygens (including phenoxy) is 1. The number of halogens is 1. The van der Waals surface area contributed by atoms with Crippen molar-refractivity contribution in [2.45, 2.75) is 25.2 Å². The van der Waals surface area contributed by atoms with Gasteiger partial charge in [-0.3, -0.25) is 4.79 Å². The number of likely N-dealkylation sites (tertiary alicyclic amines) is 1. The number of methoxy groups -OCH3 is 1. The van der Waals surface area contributed by atoms with Crippen LogP contribution in [-0.2, 0) is 9.53 Å². The van der Waals surface area contributed by atoms with E-state index in [4.69, 9.17) is 4.74 Å². The molecule has 0 unspecified atom stereocenters. The van der Waals surface area contributed by atoms with Crippen LogP contribution in [0.4, 0.5) is 4.39 Å². The van der Waals surface area contributed by atoms with Gasteiger partial charge in [-0.05, 0) is 61.9 Å². The van der Waals surface area contributed by atoms with Gasteiger partial charge in [0, 0.05) is 26.1 Å². The lowest BCUT2D eigenvalue weighted by Crippen LogP contribution is -2.40. The van der Waals surface area contributed by atoms with E-state index in [0.29, 0.717) is 5.92 Å². The molecule has 2 fully saturated rings. The Hall–Kier alpha value is -1.46. The number of benzene rings is 1. The summed E-state index contributed by atoms with van der Waals surface area (Å²) in [4.78, 5) is 14.7. The molecule has 1 aliphatic carbocycles. The Kier molecular flexibility index (Phi) is 5.85. The van der Waals surface area contributed by atoms with Gasteiger partial charge in [0.2, 0.25) is 5.91 Å². The molecule has 2 atom stereocenters. The van der Waals surface area contributed by atoms with Gasteiger partial charge in [-0.25, -0.2) is 4.39 Å². The molecule has 0 aromatic heterocycles. The Bertz CT molecular complexity index is 541. The number of piperidine rings is 1. The number of rotatable bonds is 7. The van der Waals surface area contributed by atoms with Crippen LogP contribution in [0.3, 0.4) is 0 Å². The summed E-state index contributed by atoms with van der Waals surface area (Å²) < 4.78 is 18.1. The Morgan fingerprint density at radius 2 is 2.00 bits per heavy atom. The predicted molar refractivity (Wildman–Crippen MR) is 91.3 cm³/mol. The van der Waals surface area contributed by atoms with Crippen molar-refractivity contribution in [1.82, 2.24) is 10.2 Å². The van der Waals surface area contributed by atoms with E-state index in [-0.39, 0.29) is 23.6 Å². The monoisotopic (exact) mass is 334 g/mol. The summed E-state index contributed by atoms with van der Waals surface area (Å²) in [5.41, 5.74) is 1.07. The molecule has 24 heavy (non-hydrogen) atoms. The molecule has 1 aliphatic heterocycles. The molecule has 3 rings (SSSR count). The van der Waals surface area contributed by atoms with Gasteiger partial charge in [0.05, 0.1) is 6.61 Å². The number of carbonyl (C=O) groups is 1. The topological polar surface area (TPSA) is 41.6 Å². The third-order valence-electron chi connectivity index (χ3n) is 5.31. The van der Waals surface area contributed by atoms with Crippen molar-refractivity contribution in [3.63, 3.8) is 0 Å². The first kappa shape index (κ1) is 17.4. The van der Waals surface area contributed by atoms with Gasteiger partial charge in [-0.15, -0.1) is 0 Å². The number of hydrogen-bond donors (Lipinski definition) is 1. The quantitative estimate of drug-likeness (QED) is 0.832. The molecule has 2 aliphatic rings. The van der Waals surface area contributed by atoms with Crippen LogP contribution in [0, 0.1) is 17.7 Å². The van der Waals surface area contributed by atoms with E-state index in [1.807, 2.05) is 0 Å². The zero-order chi connectivity index (χ0) is 16.9. The van der Waals surface area contributed by atoms with E-state index in [1.165, 1.54) is 12.1 Å². The van der Waals surface area contributed by atoms with Gasteiger partial charge < -0.3 is 15.0 Å².